The van der Waals surface area contributed by atoms with Crippen molar-refractivity contribution in [3.63, 3.8) is 0 Å². The molecule has 0 amide bonds. The molecular weight excluding hydrogens is 306 g/mol. The van der Waals surface area contributed by atoms with Gasteiger partial charge in [0.1, 0.15) is 0 Å². The van der Waals surface area contributed by atoms with Gasteiger partial charge in [0.05, 0.1) is 5.71 Å². The molecule has 0 spiro atoms. The molecule has 1 unspecified atom stereocenters. The lowest BCUT2D eigenvalue weighted by molar-refractivity contribution is 0.0858. The molecule has 0 aliphatic carbocycles. The molecule has 0 N–H and O–H groups in total. The van der Waals surface area contributed by atoms with Gasteiger partial charge in [-0.05, 0) is 39.2 Å². The second-order valence-electron chi connectivity index (χ2n) is 6.50. The van der Waals surface area contributed by atoms with Crippen LogP contribution in [-0.2, 0) is 4.84 Å². The Labute approximate surface area is 146 Å². The maximum Gasteiger partial charge on any atom is 0.158 e. The van der Waals surface area contributed by atoms with Crippen molar-refractivity contribution in [3.8, 4) is 0 Å². The maximum absolute atomic E-state index is 5.75. The van der Waals surface area contributed by atoms with E-state index in [0.717, 1.165) is 17.7 Å². The van der Waals surface area contributed by atoms with Gasteiger partial charge >= 0.3 is 0 Å². The van der Waals surface area contributed by atoms with Crippen LogP contribution in [0, 0.1) is 0 Å². The summed E-state index contributed by atoms with van der Waals surface area (Å²) < 4.78 is 0. The summed E-state index contributed by atoms with van der Waals surface area (Å²) in [7, 11) is 0. The lowest BCUT2D eigenvalue weighted by Crippen LogP contribution is -2.01. The topological polar surface area (TPSA) is 21.6 Å². The zero-order valence-electron chi connectivity index (χ0n) is 13.7. The van der Waals surface area contributed by atoms with Crippen molar-refractivity contribution >= 4 is 27.3 Å². The maximum atomic E-state index is 5.75. The van der Waals surface area contributed by atoms with Crippen LogP contribution < -0.4 is 0 Å². The third-order valence-electron chi connectivity index (χ3n) is 4.90. The van der Waals surface area contributed by atoms with Crippen LogP contribution in [0.1, 0.15) is 23.7 Å². The van der Waals surface area contributed by atoms with Crippen molar-refractivity contribution in [2.24, 2.45) is 5.16 Å². The summed E-state index contributed by atoms with van der Waals surface area (Å²) in [5.41, 5.74) is 3.34. The summed E-state index contributed by atoms with van der Waals surface area (Å²) in [4.78, 5) is 5.75. The van der Waals surface area contributed by atoms with Crippen LogP contribution >= 0.6 is 0 Å². The summed E-state index contributed by atoms with van der Waals surface area (Å²) in [6.07, 6.45) is 0.794. The fraction of sp³-hybridized carbons (Fsp3) is 0.0870. The van der Waals surface area contributed by atoms with Crippen LogP contribution in [0.5, 0.6) is 0 Å². The summed E-state index contributed by atoms with van der Waals surface area (Å²) in [5.74, 6) is 0. The van der Waals surface area contributed by atoms with E-state index in [-0.39, 0.29) is 6.10 Å². The second-order valence-corrected chi connectivity index (χ2v) is 6.50. The molecule has 5 rings (SSSR count). The fourth-order valence-corrected chi connectivity index (χ4v) is 3.50. The highest BCUT2D eigenvalue weighted by Gasteiger charge is 2.24. The molecule has 4 aromatic rings. The Morgan fingerprint density at radius 2 is 1.32 bits per heavy atom. The molecule has 2 heteroatoms. The first-order valence-electron chi connectivity index (χ1n) is 8.57. The third kappa shape index (κ3) is 2.56. The molecule has 4 aromatic carbocycles. The Balaban J connectivity index is 1.44. The molecule has 0 bridgehead atoms. The van der Waals surface area contributed by atoms with Gasteiger partial charge in [-0.1, -0.05) is 78.0 Å². The van der Waals surface area contributed by atoms with Crippen molar-refractivity contribution in [2.45, 2.75) is 12.5 Å². The van der Waals surface area contributed by atoms with E-state index in [1.807, 2.05) is 0 Å². The van der Waals surface area contributed by atoms with Crippen LogP contribution in [0.2, 0.25) is 0 Å². The molecular formula is C23H17NO. The Kier molecular flexibility index (Phi) is 3.27. The van der Waals surface area contributed by atoms with Gasteiger partial charge in [0, 0.05) is 12.0 Å². The zero-order chi connectivity index (χ0) is 16.6. The lowest BCUT2D eigenvalue weighted by Gasteiger charge is -2.09. The largest absolute Gasteiger partial charge is 0.387 e. The molecule has 0 aromatic heterocycles. The number of nitrogens with zero attached hydrogens (tertiary/aromatic N) is 1. The Bertz CT molecular complexity index is 1110. The van der Waals surface area contributed by atoms with Gasteiger partial charge in [0.2, 0.25) is 0 Å². The molecule has 1 heterocycles. The first-order valence-corrected chi connectivity index (χ1v) is 8.57. The molecule has 25 heavy (non-hydrogen) atoms. The van der Waals surface area contributed by atoms with Gasteiger partial charge in [0.15, 0.2) is 6.10 Å². The quantitative estimate of drug-likeness (QED) is 0.453. The molecule has 1 aliphatic rings. The minimum Gasteiger partial charge on any atom is -0.387 e. The molecule has 2 nitrogen and oxygen atoms in total. The molecule has 120 valence electrons. The number of hydrogen-bond donors (Lipinski definition) is 0. The normalized spacial score (nSPS) is 16.8. The number of benzene rings is 4. The summed E-state index contributed by atoms with van der Waals surface area (Å²) >= 11 is 0. The zero-order valence-corrected chi connectivity index (χ0v) is 13.7. The van der Waals surface area contributed by atoms with Crippen molar-refractivity contribution in [3.05, 3.63) is 96.1 Å². The van der Waals surface area contributed by atoms with E-state index in [1.165, 1.54) is 27.1 Å². The van der Waals surface area contributed by atoms with Crippen molar-refractivity contribution in [1.29, 1.82) is 0 Å². The Morgan fingerprint density at radius 3 is 2.08 bits per heavy atom. The predicted octanol–water partition coefficient (Wildman–Crippen LogP) is 5.86. The van der Waals surface area contributed by atoms with Gasteiger partial charge in [-0.3, -0.25) is 0 Å². The fourth-order valence-electron chi connectivity index (χ4n) is 3.50. The molecule has 1 aliphatic heterocycles. The van der Waals surface area contributed by atoms with Crippen LogP contribution in [0.3, 0.4) is 0 Å². The van der Waals surface area contributed by atoms with Gasteiger partial charge in [0.25, 0.3) is 0 Å². The predicted molar refractivity (Wildman–Crippen MR) is 103 cm³/mol. The highest BCUT2D eigenvalue weighted by atomic mass is 16.6. The van der Waals surface area contributed by atoms with Crippen LogP contribution in [0.25, 0.3) is 21.5 Å². The highest BCUT2D eigenvalue weighted by Crippen LogP contribution is 2.32. The lowest BCUT2D eigenvalue weighted by atomic mass is 9.97. The van der Waals surface area contributed by atoms with E-state index in [9.17, 15) is 0 Å². The number of oxime groups is 1. The Morgan fingerprint density at radius 1 is 0.680 bits per heavy atom. The van der Waals surface area contributed by atoms with E-state index in [1.54, 1.807) is 0 Å². The standard InChI is InChI=1S/C23H17NO/c1-3-7-18-13-20(11-9-16(18)5-1)22-15-23(25-24-22)21-12-10-17-6-2-4-8-19(17)14-21/h1-14,23H,15H2. The molecule has 0 radical (unpaired) electrons. The van der Waals surface area contributed by atoms with Crippen molar-refractivity contribution < 1.29 is 4.84 Å². The average molecular weight is 323 g/mol. The number of hydrogen-bond acceptors (Lipinski definition) is 2. The monoisotopic (exact) mass is 323 g/mol. The van der Waals surface area contributed by atoms with E-state index >= 15 is 0 Å². The van der Waals surface area contributed by atoms with E-state index in [0.29, 0.717) is 0 Å². The van der Waals surface area contributed by atoms with Gasteiger partial charge in [-0.25, -0.2) is 0 Å². The van der Waals surface area contributed by atoms with E-state index in [2.05, 4.69) is 90.1 Å². The van der Waals surface area contributed by atoms with Gasteiger partial charge in [-0.15, -0.1) is 0 Å². The molecule has 0 fully saturated rings. The van der Waals surface area contributed by atoms with Crippen LogP contribution in [-0.4, -0.2) is 5.71 Å². The summed E-state index contributed by atoms with van der Waals surface area (Å²) in [6.45, 7) is 0. The average Bonchev–Trinajstić information content (AvgIpc) is 3.17. The Hall–Kier alpha value is -3.13. The SMILES string of the molecule is c1ccc2cc(C3=NOC(c4ccc5ccccc5c4)C3)ccc2c1. The first-order chi connectivity index (χ1) is 12.4. The summed E-state index contributed by atoms with van der Waals surface area (Å²) in [6, 6.07) is 29.8. The molecule has 0 saturated heterocycles. The smallest absolute Gasteiger partial charge is 0.158 e. The van der Waals surface area contributed by atoms with Crippen molar-refractivity contribution in [1.82, 2.24) is 0 Å². The summed E-state index contributed by atoms with van der Waals surface area (Å²) in [5, 5.41) is 9.34. The third-order valence-corrected chi connectivity index (χ3v) is 4.90. The molecule has 0 saturated carbocycles. The highest BCUT2D eigenvalue weighted by molar-refractivity contribution is 6.04. The molecule has 1 atom stereocenters. The minimum absolute atomic E-state index is 0.00826. The van der Waals surface area contributed by atoms with Gasteiger partial charge < -0.3 is 4.84 Å². The van der Waals surface area contributed by atoms with Gasteiger partial charge in [-0.2, -0.15) is 0 Å². The minimum atomic E-state index is -0.00826. The first kappa shape index (κ1) is 14.2. The van der Waals surface area contributed by atoms with E-state index in [4.69, 9.17) is 4.84 Å². The number of rotatable bonds is 2. The van der Waals surface area contributed by atoms with E-state index < -0.39 is 0 Å². The van der Waals surface area contributed by atoms with Crippen LogP contribution in [0.4, 0.5) is 0 Å². The van der Waals surface area contributed by atoms with Crippen LogP contribution in [0.15, 0.2) is 90.1 Å². The number of fused-ring (bicyclic) bond motifs is 2. The van der Waals surface area contributed by atoms with Crippen molar-refractivity contribution in [2.75, 3.05) is 0 Å². The second kappa shape index (κ2) is 5.75.